The molecule has 0 heterocycles. The normalized spacial score (nSPS) is 21.5. The zero-order valence-electron chi connectivity index (χ0n) is 13.5. The van der Waals surface area contributed by atoms with Gasteiger partial charge in [-0.2, -0.15) is 0 Å². The number of nitrogens with one attached hydrogen (secondary N) is 1. The summed E-state index contributed by atoms with van der Waals surface area (Å²) in [6, 6.07) is 16.5. The van der Waals surface area contributed by atoms with Crippen LogP contribution in [0, 0.1) is 16.0 Å². The Balaban J connectivity index is 1.85. The van der Waals surface area contributed by atoms with Gasteiger partial charge in [0.25, 0.3) is 5.69 Å². The molecule has 5 heteroatoms. The predicted molar refractivity (Wildman–Crippen MR) is 92.7 cm³/mol. The first-order valence-electron chi connectivity index (χ1n) is 8.36. The van der Waals surface area contributed by atoms with Crippen LogP contribution in [0.4, 0.5) is 5.69 Å². The van der Waals surface area contributed by atoms with Gasteiger partial charge < -0.3 is 10.4 Å². The quantitative estimate of drug-likeness (QED) is 0.630. The molecule has 1 aliphatic carbocycles. The van der Waals surface area contributed by atoms with Crippen LogP contribution in [-0.4, -0.2) is 22.7 Å². The van der Waals surface area contributed by atoms with E-state index >= 15 is 0 Å². The molecule has 2 N–H and O–H groups in total. The molecule has 5 nitrogen and oxygen atoms in total. The van der Waals surface area contributed by atoms with Crippen LogP contribution in [0.2, 0.25) is 0 Å². The summed E-state index contributed by atoms with van der Waals surface area (Å²) in [5, 5.41) is 24.6. The summed E-state index contributed by atoms with van der Waals surface area (Å²) in [5.41, 5.74) is 2.02. The molecule has 0 spiro atoms. The predicted octanol–water partition coefficient (Wildman–Crippen LogP) is 3.43. The van der Waals surface area contributed by atoms with Crippen molar-refractivity contribution >= 4 is 5.69 Å². The number of hydrogen-bond donors (Lipinski definition) is 2. The Kier molecular flexibility index (Phi) is 5.23. The second-order valence-electron chi connectivity index (χ2n) is 6.36. The number of nitro groups is 1. The Bertz CT molecular complexity index is 690. The smallest absolute Gasteiger partial charge is 0.269 e. The van der Waals surface area contributed by atoms with Gasteiger partial charge in [0, 0.05) is 18.7 Å². The van der Waals surface area contributed by atoms with Crippen molar-refractivity contribution in [2.45, 2.75) is 31.4 Å². The Morgan fingerprint density at radius 2 is 1.88 bits per heavy atom. The fourth-order valence-corrected chi connectivity index (χ4v) is 3.42. The van der Waals surface area contributed by atoms with Crippen LogP contribution in [0.1, 0.15) is 36.4 Å². The van der Waals surface area contributed by atoms with Crippen molar-refractivity contribution in [1.82, 2.24) is 5.32 Å². The molecule has 1 saturated carbocycles. The maximum Gasteiger partial charge on any atom is 0.269 e. The van der Waals surface area contributed by atoms with E-state index < -0.39 is 0 Å². The van der Waals surface area contributed by atoms with Crippen LogP contribution in [0.5, 0.6) is 0 Å². The average molecular weight is 326 g/mol. The van der Waals surface area contributed by atoms with E-state index in [1.165, 1.54) is 6.07 Å². The molecule has 3 rings (SSSR count). The second kappa shape index (κ2) is 7.55. The number of non-ortho nitro benzene ring substituents is 1. The standard InChI is InChI=1S/C19H22N2O3/c22-18-11-5-9-16(18)13-20-19(14-6-2-1-3-7-14)15-8-4-10-17(12-15)21(23)24/h1-4,6-8,10,12,16,18-20,22H,5,9,11,13H2. The Hall–Kier alpha value is -2.24. The number of nitrogens with zero attached hydrogens (tertiary/aromatic N) is 1. The maximum atomic E-state index is 11.1. The fourth-order valence-electron chi connectivity index (χ4n) is 3.42. The van der Waals surface area contributed by atoms with Gasteiger partial charge in [-0.3, -0.25) is 10.1 Å². The largest absolute Gasteiger partial charge is 0.393 e. The zero-order valence-corrected chi connectivity index (χ0v) is 13.5. The Morgan fingerprint density at radius 3 is 2.54 bits per heavy atom. The molecule has 0 bridgehead atoms. The van der Waals surface area contributed by atoms with Gasteiger partial charge in [0.2, 0.25) is 0 Å². The van der Waals surface area contributed by atoms with Gasteiger partial charge in [0.1, 0.15) is 0 Å². The summed E-state index contributed by atoms with van der Waals surface area (Å²) in [5.74, 6) is 0.245. The molecule has 0 aromatic heterocycles. The lowest BCUT2D eigenvalue weighted by Crippen LogP contribution is -2.31. The highest BCUT2D eigenvalue weighted by molar-refractivity contribution is 5.40. The highest BCUT2D eigenvalue weighted by Gasteiger charge is 2.26. The molecule has 0 radical (unpaired) electrons. The van der Waals surface area contributed by atoms with Gasteiger partial charge >= 0.3 is 0 Å². The number of hydrogen-bond acceptors (Lipinski definition) is 4. The van der Waals surface area contributed by atoms with E-state index in [2.05, 4.69) is 5.32 Å². The van der Waals surface area contributed by atoms with Gasteiger partial charge in [-0.05, 0) is 29.9 Å². The van der Waals surface area contributed by atoms with Crippen molar-refractivity contribution in [2.75, 3.05) is 6.54 Å². The third-order valence-electron chi connectivity index (χ3n) is 4.75. The molecule has 0 amide bonds. The number of aliphatic hydroxyl groups is 1. The van der Waals surface area contributed by atoms with E-state index in [-0.39, 0.29) is 28.7 Å². The zero-order chi connectivity index (χ0) is 16.9. The summed E-state index contributed by atoms with van der Waals surface area (Å²) >= 11 is 0. The van der Waals surface area contributed by atoms with Gasteiger partial charge in [-0.15, -0.1) is 0 Å². The van der Waals surface area contributed by atoms with Crippen LogP contribution in [0.15, 0.2) is 54.6 Å². The van der Waals surface area contributed by atoms with Crippen molar-refractivity contribution in [1.29, 1.82) is 0 Å². The molecule has 126 valence electrons. The van der Waals surface area contributed by atoms with E-state index in [0.717, 1.165) is 30.4 Å². The van der Waals surface area contributed by atoms with Crippen LogP contribution in [0.25, 0.3) is 0 Å². The fraction of sp³-hybridized carbons (Fsp3) is 0.368. The minimum Gasteiger partial charge on any atom is -0.393 e. The van der Waals surface area contributed by atoms with E-state index in [9.17, 15) is 15.2 Å². The molecule has 0 saturated heterocycles. The number of benzene rings is 2. The van der Waals surface area contributed by atoms with E-state index in [0.29, 0.717) is 6.54 Å². The summed E-state index contributed by atoms with van der Waals surface area (Å²) in [4.78, 5) is 10.7. The summed E-state index contributed by atoms with van der Waals surface area (Å²) in [6.07, 6.45) is 2.68. The summed E-state index contributed by atoms with van der Waals surface area (Å²) in [7, 11) is 0. The first kappa shape index (κ1) is 16.6. The lowest BCUT2D eigenvalue weighted by atomic mass is 9.97. The monoisotopic (exact) mass is 326 g/mol. The SMILES string of the molecule is O=[N+]([O-])c1cccc(C(NCC2CCCC2O)c2ccccc2)c1. The minimum atomic E-state index is -0.369. The molecule has 24 heavy (non-hydrogen) atoms. The summed E-state index contributed by atoms with van der Waals surface area (Å²) < 4.78 is 0. The number of nitro benzene ring substituents is 1. The number of rotatable bonds is 6. The van der Waals surface area contributed by atoms with Crippen LogP contribution < -0.4 is 5.32 Å². The molecular weight excluding hydrogens is 304 g/mol. The van der Waals surface area contributed by atoms with Crippen molar-refractivity contribution in [3.8, 4) is 0 Å². The molecule has 2 aromatic carbocycles. The number of aliphatic hydroxyl groups excluding tert-OH is 1. The first-order valence-corrected chi connectivity index (χ1v) is 8.36. The van der Waals surface area contributed by atoms with Gasteiger partial charge in [0.05, 0.1) is 17.1 Å². The van der Waals surface area contributed by atoms with E-state index in [1.54, 1.807) is 12.1 Å². The lowest BCUT2D eigenvalue weighted by molar-refractivity contribution is -0.384. The van der Waals surface area contributed by atoms with Crippen molar-refractivity contribution in [3.05, 3.63) is 75.8 Å². The second-order valence-corrected chi connectivity index (χ2v) is 6.36. The van der Waals surface area contributed by atoms with Crippen LogP contribution in [-0.2, 0) is 0 Å². The van der Waals surface area contributed by atoms with Crippen molar-refractivity contribution in [2.24, 2.45) is 5.92 Å². The van der Waals surface area contributed by atoms with Crippen LogP contribution >= 0.6 is 0 Å². The highest BCUT2D eigenvalue weighted by atomic mass is 16.6. The average Bonchev–Trinajstić information content (AvgIpc) is 3.01. The molecule has 1 aliphatic rings. The van der Waals surface area contributed by atoms with Crippen LogP contribution in [0.3, 0.4) is 0 Å². The maximum absolute atomic E-state index is 11.1. The van der Waals surface area contributed by atoms with Crippen molar-refractivity contribution < 1.29 is 10.0 Å². The Morgan fingerprint density at radius 1 is 1.12 bits per heavy atom. The summed E-state index contributed by atoms with van der Waals surface area (Å²) in [6.45, 7) is 0.698. The molecule has 3 unspecified atom stereocenters. The molecular formula is C19H22N2O3. The lowest BCUT2D eigenvalue weighted by Gasteiger charge is -2.23. The van der Waals surface area contributed by atoms with E-state index in [1.807, 2.05) is 36.4 Å². The van der Waals surface area contributed by atoms with Gasteiger partial charge in [-0.25, -0.2) is 0 Å². The van der Waals surface area contributed by atoms with Crippen molar-refractivity contribution in [3.63, 3.8) is 0 Å². The third-order valence-corrected chi connectivity index (χ3v) is 4.75. The molecule has 3 atom stereocenters. The highest BCUT2D eigenvalue weighted by Crippen LogP contribution is 2.28. The third kappa shape index (κ3) is 3.80. The topological polar surface area (TPSA) is 75.4 Å². The molecule has 0 aliphatic heterocycles. The van der Waals surface area contributed by atoms with Gasteiger partial charge in [-0.1, -0.05) is 48.9 Å². The van der Waals surface area contributed by atoms with Gasteiger partial charge in [0.15, 0.2) is 0 Å². The molecule has 2 aromatic rings. The minimum absolute atomic E-state index is 0.0936. The van der Waals surface area contributed by atoms with E-state index in [4.69, 9.17) is 0 Å². The Labute approximate surface area is 141 Å². The first-order chi connectivity index (χ1) is 11.6. The molecule has 1 fully saturated rings.